The van der Waals surface area contributed by atoms with Gasteiger partial charge in [0.2, 0.25) is 15.9 Å². The topological polar surface area (TPSA) is 57.7 Å². The zero-order chi connectivity index (χ0) is 16.3. The molecule has 0 saturated carbocycles. The van der Waals surface area contributed by atoms with Gasteiger partial charge in [0.25, 0.3) is 0 Å². The van der Waals surface area contributed by atoms with Crippen LogP contribution in [0.1, 0.15) is 18.4 Å². The Kier molecular flexibility index (Phi) is 5.63. The van der Waals surface area contributed by atoms with Crippen LogP contribution in [0, 0.1) is 0 Å². The van der Waals surface area contributed by atoms with E-state index in [9.17, 15) is 13.2 Å². The monoisotopic (exact) mass is 388 g/mol. The quantitative estimate of drug-likeness (QED) is 0.790. The van der Waals surface area contributed by atoms with Gasteiger partial charge >= 0.3 is 0 Å². The molecule has 1 heterocycles. The molecule has 0 atom stereocenters. The number of halogens is 1. The fourth-order valence-electron chi connectivity index (χ4n) is 2.64. The highest BCUT2D eigenvalue weighted by molar-refractivity contribution is 9.10. The minimum absolute atomic E-state index is 0.00766. The Bertz CT molecular complexity index is 623. The Labute approximate surface area is 140 Å². The van der Waals surface area contributed by atoms with Gasteiger partial charge in [0.05, 0.1) is 12.7 Å². The number of hydrogen-bond acceptors (Lipinski definition) is 3. The number of likely N-dealkylation sites (tertiary alicyclic amines) is 1. The van der Waals surface area contributed by atoms with E-state index in [2.05, 4.69) is 15.9 Å². The molecule has 1 aliphatic rings. The highest BCUT2D eigenvalue weighted by atomic mass is 79.9. The summed E-state index contributed by atoms with van der Waals surface area (Å²) in [5.74, 6) is 0.0998. The average Bonchev–Trinajstić information content (AvgIpc) is 2.48. The maximum absolute atomic E-state index is 12.3. The lowest BCUT2D eigenvalue weighted by molar-refractivity contribution is -0.131. The molecule has 2 rings (SSSR count). The summed E-state index contributed by atoms with van der Waals surface area (Å²) in [4.78, 5) is 14.1. The largest absolute Gasteiger partial charge is 0.342 e. The van der Waals surface area contributed by atoms with Crippen LogP contribution in [0.25, 0.3) is 0 Å². The van der Waals surface area contributed by atoms with Crippen molar-refractivity contribution in [3.8, 4) is 0 Å². The number of nitrogens with zero attached hydrogens (tertiary/aromatic N) is 2. The molecule has 7 heteroatoms. The van der Waals surface area contributed by atoms with Crippen molar-refractivity contribution in [1.29, 1.82) is 0 Å². The first-order chi connectivity index (χ1) is 10.3. The van der Waals surface area contributed by atoms with Gasteiger partial charge in [-0.05, 0) is 30.5 Å². The van der Waals surface area contributed by atoms with Crippen LogP contribution in [0.4, 0.5) is 0 Å². The Morgan fingerprint density at radius 2 is 1.82 bits per heavy atom. The fraction of sp³-hybridized carbons (Fsp3) is 0.533. The number of sulfonamides is 1. The zero-order valence-corrected chi connectivity index (χ0v) is 15.2. The van der Waals surface area contributed by atoms with Crippen LogP contribution in [0.15, 0.2) is 28.7 Å². The van der Waals surface area contributed by atoms with Gasteiger partial charge in [0, 0.05) is 30.7 Å². The summed E-state index contributed by atoms with van der Waals surface area (Å²) >= 11 is 3.38. The standard InChI is InChI=1S/C15H21BrN2O3S/c1-17(22(2,20)21)14-7-9-18(10-8-14)15(19)11-12-3-5-13(16)6-4-12/h3-6,14H,7-11H2,1-2H3. The smallest absolute Gasteiger partial charge is 0.226 e. The molecule has 122 valence electrons. The van der Waals surface area contributed by atoms with Gasteiger partial charge in [0.15, 0.2) is 0 Å². The van der Waals surface area contributed by atoms with E-state index < -0.39 is 10.0 Å². The predicted octanol–water partition coefficient (Wildman–Crippen LogP) is 1.87. The van der Waals surface area contributed by atoms with Crippen molar-refractivity contribution in [2.24, 2.45) is 0 Å². The molecule has 1 aromatic rings. The maximum Gasteiger partial charge on any atom is 0.226 e. The van der Waals surface area contributed by atoms with E-state index in [1.54, 1.807) is 7.05 Å². The van der Waals surface area contributed by atoms with Crippen LogP contribution < -0.4 is 0 Å². The predicted molar refractivity (Wildman–Crippen MR) is 90.1 cm³/mol. The van der Waals surface area contributed by atoms with E-state index in [4.69, 9.17) is 0 Å². The Morgan fingerprint density at radius 3 is 2.32 bits per heavy atom. The molecular formula is C15H21BrN2O3S. The molecule has 1 aromatic carbocycles. The minimum atomic E-state index is -3.17. The molecule has 0 spiro atoms. The summed E-state index contributed by atoms with van der Waals surface area (Å²) < 4.78 is 25.5. The Hall–Kier alpha value is -0.920. The summed E-state index contributed by atoms with van der Waals surface area (Å²) in [5, 5.41) is 0. The van der Waals surface area contributed by atoms with Crippen LogP contribution in [0.2, 0.25) is 0 Å². The number of carbonyl (C=O) groups excluding carboxylic acids is 1. The zero-order valence-electron chi connectivity index (χ0n) is 12.8. The Morgan fingerprint density at radius 1 is 1.27 bits per heavy atom. The van der Waals surface area contributed by atoms with Crippen molar-refractivity contribution in [3.63, 3.8) is 0 Å². The summed E-state index contributed by atoms with van der Waals surface area (Å²) in [6, 6.07) is 7.72. The SMILES string of the molecule is CN(C1CCN(C(=O)Cc2ccc(Br)cc2)CC1)S(C)(=O)=O. The summed E-state index contributed by atoms with van der Waals surface area (Å²) in [5.41, 5.74) is 0.989. The van der Waals surface area contributed by atoms with Crippen LogP contribution in [0.5, 0.6) is 0 Å². The highest BCUT2D eigenvalue weighted by Crippen LogP contribution is 2.19. The summed E-state index contributed by atoms with van der Waals surface area (Å²) in [7, 11) is -1.56. The van der Waals surface area contributed by atoms with Crippen molar-refractivity contribution < 1.29 is 13.2 Å². The second kappa shape index (κ2) is 7.10. The van der Waals surface area contributed by atoms with Crippen LogP contribution in [0.3, 0.4) is 0 Å². The number of amides is 1. The lowest BCUT2D eigenvalue weighted by Crippen LogP contribution is -2.47. The van der Waals surface area contributed by atoms with Crippen LogP contribution in [-0.4, -0.2) is 56.0 Å². The first-order valence-corrected chi connectivity index (χ1v) is 9.87. The van der Waals surface area contributed by atoms with Crippen molar-refractivity contribution in [1.82, 2.24) is 9.21 Å². The number of carbonyl (C=O) groups is 1. The molecule has 0 aliphatic carbocycles. The molecule has 5 nitrogen and oxygen atoms in total. The van der Waals surface area contributed by atoms with Gasteiger partial charge in [-0.15, -0.1) is 0 Å². The third-order valence-corrected chi connectivity index (χ3v) is 6.00. The van der Waals surface area contributed by atoms with Crippen molar-refractivity contribution in [2.75, 3.05) is 26.4 Å². The van der Waals surface area contributed by atoms with Crippen molar-refractivity contribution in [3.05, 3.63) is 34.3 Å². The third-order valence-electron chi connectivity index (χ3n) is 4.12. The normalized spacial score (nSPS) is 17.0. The van der Waals surface area contributed by atoms with Crippen molar-refractivity contribution >= 4 is 31.9 Å². The highest BCUT2D eigenvalue weighted by Gasteiger charge is 2.28. The minimum Gasteiger partial charge on any atom is -0.342 e. The number of benzene rings is 1. The summed E-state index contributed by atoms with van der Waals surface area (Å²) in [6.45, 7) is 1.22. The summed E-state index contributed by atoms with van der Waals surface area (Å²) in [6.07, 6.45) is 2.99. The van der Waals surface area contributed by atoms with Crippen LogP contribution in [-0.2, 0) is 21.2 Å². The van der Waals surface area contributed by atoms with Crippen molar-refractivity contribution in [2.45, 2.75) is 25.3 Å². The Balaban J connectivity index is 1.88. The molecule has 22 heavy (non-hydrogen) atoms. The molecule has 1 aliphatic heterocycles. The molecular weight excluding hydrogens is 368 g/mol. The maximum atomic E-state index is 12.3. The van der Waals surface area contributed by atoms with Gasteiger partial charge in [-0.1, -0.05) is 28.1 Å². The first-order valence-electron chi connectivity index (χ1n) is 7.22. The molecule has 0 unspecified atom stereocenters. The van der Waals surface area contributed by atoms with E-state index in [1.165, 1.54) is 10.6 Å². The molecule has 1 amide bonds. The molecule has 0 bridgehead atoms. The molecule has 0 N–H and O–H groups in total. The van der Waals surface area contributed by atoms with Gasteiger partial charge < -0.3 is 4.90 Å². The molecule has 0 aromatic heterocycles. The van der Waals surface area contributed by atoms with E-state index in [0.29, 0.717) is 32.4 Å². The molecule has 1 fully saturated rings. The van der Waals surface area contributed by atoms with E-state index in [0.717, 1.165) is 10.0 Å². The van der Waals surface area contributed by atoms with Gasteiger partial charge in [-0.3, -0.25) is 4.79 Å². The second-order valence-corrected chi connectivity index (χ2v) is 8.65. The average molecular weight is 389 g/mol. The number of hydrogen-bond donors (Lipinski definition) is 0. The number of rotatable bonds is 4. The van der Waals surface area contributed by atoms with Gasteiger partial charge in [0.1, 0.15) is 0 Å². The number of piperidine rings is 1. The second-order valence-electron chi connectivity index (χ2n) is 5.69. The van der Waals surface area contributed by atoms with Crippen LogP contribution >= 0.6 is 15.9 Å². The van der Waals surface area contributed by atoms with Gasteiger partial charge in [-0.25, -0.2) is 12.7 Å². The lowest BCUT2D eigenvalue weighted by Gasteiger charge is -2.35. The van der Waals surface area contributed by atoms with E-state index in [1.807, 2.05) is 29.2 Å². The molecule has 0 radical (unpaired) electrons. The third kappa shape index (κ3) is 4.54. The first kappa shape index (κ1) is 17.4. The lowest BCUT2D eigenvalue weighted by atomic mass is 10.0. The van der Waals surface area contributed by atoms with E-state index >= 15 is 0 Å². The van der Waals surface area contributed by atoms with E-state index in [-0.39, 0.29) is 11.9 Å². The fourth-order valence-corrected chi connectivity index (χ4v) is 3.66. The molecule has 1 saturated heterocycles. The van der Waals surface area contributed by atoms with Gasteiger partial charge in [-0.2, -0.15) is 0 Å².